The Labute approximate surface area is 109 Å². The van der Waals surface area contributed by atoms with Crippen molar-refractivity contribution in [3.05, 3.63) is 42.0 Å². The molecule has 1 aromatic carbocycles. The molecule has 2 nitrogen and oxygen atoms in total. The van der Waals surface area contributed by atoms with Crippen LogP contribution in [0.1, 0.15) is 38.2 Å². The van der Waals surface area contributed by atoms with Gasteiger partial charge in [0.25, 0.3) is 0 Å². The highest BCUT2D eigenvalue weighted by molar-refractivity contribution is 5.91. The molecule has 18 heavy (non-hydrogen) atoms. The predicted molar refractivity (Wildman–Crippen MR) is 75.0 cm³/mol. The van der Waals surface area contributed by atoms with Crippen LogP contribution in [0.15, 0.2) is 36.4 Å². The van der Waals surface area contributed by atoms with E-state index in [1.54, 1.807) is 6.08 Å². The highest BCUT2D eigenvalue weighted by atomic mass is 16.1. The first-order valence-electron chi connectivity index (χ1n) is 6.77. The molecule has 2 atom stereocenters. The van der Waals surface area contributed by atoms with E-state index in [2.05, 4.69) is 12.2 Å². The average molecular weight is 243 g/mol. The molecule has 1 aromatic rings. The van der Waals surface area contributed by atoms with E-state index in [1.807, 2.05) is 36.4 Å². The van der Waals surface area contributed by atoms with Crippen molar-refractivity contribution in [2.45, 2.75) is 38.6 Å². The van der Waals surface area contributed by atoms with Gasteiger partial charge in [-0.3, -0.25) is 4.79 Å². The fourth-order valence-electron chi connectivity index (χ4n) is 2.55. The second-order valence-electron chi connectivity index (χ2n) is 5.22. The first kappa shape index (κ1) is 12.9. The standard InChI is InChI=1S/C16H21NO/c1-13-6-5-9-15(12-13)17-16(18)11-10-14-7-3-2-4-8-14/h2-4,7-8,10-11,13,15H,5-6,9,12H2,1H3,(H,17,18)/b11-10+. The molecule has 0 heterocycles. The number of hydrogen-bond donors (Lipinski definition) is 1. The van der Waals surface area contributed by atoms with Crippen molar-refractivity contribution in [2.24, 2.45) is 5.92 Å². The normalized spacial score (nSPS) is 24.1. The second-order valence-corrected chi connectivity index (χ2v) is 5.22. The summed E-state index contributed by atoms with van der Waals surface area (Å²) < 4.78 is 0. The van der Waals surface area contributed by atoms with E-state index < -0.39 is 0 Å². The molecule has 1 fully saturated rings. The van der Waals surface area contributed by atoms with Crippen LogP contribution >= 0.6 is 0 Å². The van der Waals surface area contributed by atoms with Crippen molar-refractivity contribution >= 4 is 12.0 Å². The summed E-state index contributed by atoms with van der Waals surface area (Å²) in [5.41, 5.74) is 1.06. The minimum Gasteiger partial charge on any atom is -0.350 e. The van der Waals surface area contributed by atoms with Crippen LogP contribution in [0, 0.1) is 5.92 Å². The highest BCUT2D eigenvalue weighted by Crippen LogP contribution is 2.23. The molecule has 0 aliphatic heterocycles. The topological polar surface area (TPSA) is 29.1 Å². The van der Waals surface area contributed by atoms with Gasteiger partial charge in [0.05, 0.1) is 0 Å². The van der Waals surface area contributed by atoms with Crippen LogP contribution in [0.2, 0.25) is 0 Å². The third-order valence-electron chi connectivity index (χ3n) is 3.51. The van der Waals surface area contributed by atoms with E-state index in [4.69, 9.17) is 0 Å². The van der Waals surface area contributed by atoms with Crippen LogP contribution < -0.4 is 5.32 Å². The van der Waals surface area contributed by atoms with Gasteiger partial charge in [0, 0.05) is 12.1 Å². The van der Waals surface area contributed by atoms with Gasteiger partial charge >= 0.3 is 0 Å². The van der Waals surface area contributed by atoms with Gasteiger partial charge in [-0.05, 0) is 30.4 Å². The maximum Gasteiger partial charge on any atom is 0.244 e. The molecule has 1 aliphatic rings. The van der Waals surface area contributed by atoms with Gasteiger partial charge in [-0.15, -0.1) is 0 Å². The highest BCUT2D eigenvalue weighted by Gasteiger charge is 2.19. The molecular weight excluding hydrogens is 222 g/mol. The van der Waals surface area contributed by atoms with Crippen LogP contribution in [-0.4, -0.2) is 11.9 Å². The van der Waals surface area contributed by atoms with Gasteiger partial charge in [0.2, 0.25) is 5.91 Å². The lowest BCUT2D eigenvalue weighted by Crippen LogP contribution is -2.36. The fraction of sp³-hybridized carbons (Fsp3) is 0.438. The summed E-state index contributed by atoms with van der Waals surface area (Å²) in [5, 5.41) is 3.09. The Bertz CT molecular complexity index is 410. The molecule has 0 saturated heterocycles. The molecule has 96 valence electrons. The summed E-state index contributed by atoms with van der Waals surface area (Å²) in [5.74, 6) is 0.764. The molecule has 2 rings (SSSR count). The Morgan fingerprint density at radius 2 is 2.06 bits per heavy atom. The second kappa shape index (κ2) is 6.39. The van der Waals surface area contributed by atoms with Crippen molar-refractivity contribution in [1.82, 2.24) is 5.32 Å². The summed E-state index contributed by atoms with van der Waals surface area (Å²) in [6.07, 6.45) is 8.26. The summed E-state index contributed by atoms with van der Waals surface area (Å²) in [6, 6.07) is 10.3. The number of hydrogen-bond acceptors (Lipinski definition) is 1. The van der Waals surface area contributed by atoms with E-state index in [-0.39, 0.29) is 5.91 Å². The third-order valence-corrected chi connectivity index (χ3v) is 3.51. The van der Waals surface area contributed by atoms with Gasteiger partial charge in [-0.1, -0.05) is 50.1 Å². The zero-order valence-electron chi connectivity index (χ0n) is 10.9. The Morgan fingerprint density at radius 1 is 1.28 bits per heavy atom. The SMILES string of the molecule is CC1CCCC(NC(=O)/C=C/c2ccccc2)C1. The molecule has 1 N–H and O–H groups in total. The number of rotatable bonds is 3. The molecule has 1 aliphatic carbocycles. The number of carbonyl (C=O) groups excluding carboxylic acids is 1. The minimum atomic E-state index is 0.0259. The average Bonchev–Trinajstić information content (AvgIpc) is 2.38. The van der Waals surface area contributed by atoms with Crippen LogP contribution in [0.3, 0.4) is 0 Å². The van der Waals surface area contributed by atoms with Gasteiger partial charge in [0.15, 0.2) is 0 Å². The van der Waals surface area contributed by atoms with Crippen molar-refractivity contribution in [3.63, 3.8) is 0 Å². The van der Waals surface area contributed by atoms with Gasteiger partial charge in [-0.25, -0.2) is 0 Å². The smallest absolute Gasteiger partial charge is 0.244 e. The fourth-order valence-corrected chi connectivity index (χ4v) is 2.55. The van der Waals surface area contributed by atoms with E-state index >= 15 is 0 Å². The Morgan fingerprint density at radius 3 is 2.78 bits per heavy atom. The summed E-state index contributed by atoms with van der Waals surface area (Å²) >= 11 is 0. The first-order valence-corrected chi connectivity index (χ1v) is 6.77. The molecule has 0 bridgehead atoms. The van der Waals surface area contributed by atoms with Crippen LogP contribution in [0.5, 0.6) is 0 Å². The Hall–Kier alpha value is -1.57. The van der Waals surface area contributed by atoms with Crippen molar-refractivity contribution < 1.29 is 4.79 Å². The first-order chi connectivity index (χ1) is 8.74. The van der Waals surface area contributed by atoms with Gasteiger partial charge in [-0.2, -0.15) is 0 Å². The van der Waals surface area contributed by atoms with Crippen LogP contribution in [0.4, 0.5) is 0 Å². The van der Waals surface area contributed by atoms with E-state index in [1.165, 1.54) is 12.8 Å². The molecular formula is C16H21NO. The summed E-state index contributed by atoms with van der Waals surface area (Å²) in [7, 11) is 0. The maximum atomic E-state index is 11.8. The van der Waals surface area contributed by atoms with E-state index in [9.17, 15) is 4.79 Å². The number of carbonyl (C=O) groups is 1. The lowest BCUT2D eigenvalue weighted by atomic mass is 9.87. The molecule has 0 aromatic heterocycles. The molecule has 1 amide bonds. The number of benzene rings is 1. The zero-order chi connectivity index (χ0) is 12.8. The number of amides is 1. The van der Waals surface area contributed by atoms with Gasteiger partial charge in [0.1, 0.15) is 0 Å². The van der Waals surface area contributed by atoms with Crippen molar-refractivity contribution in [3.8, 4) is 0 Å². The molecule has 0 spiro atoms. The van der Waals surface area contributed by atoms with E-state index in [0.29, 0.717) is 6.04 Å². The minimum absolute atomic E-state index is 0.0259. The molecule has 2 unspecified atom stereocenters. The summed E-state index contributed by atoms with van der Waals surface area (Å²) in [4.78, 5) is 11.8. The lowest BCUT2D eigenvalue weighted by molar-refractivity contribution is -0.117. The quantitative estimate of drug-likeness (QED) is 0.810. The maximum absolute atomic E-state index is 11.8. The van der Waals surface area contributed by atoms with Crippen LogP contribution in [-0.2, 0) is 4.79 Å². The molecule has 2 heteroatoms. The van der Waals surface area contributed by atoms with E-state index in [0.717, 1.165) is 24.3 Å². The zero-order valence-corrected chi connectivity index (χ0v) is 10.9. The molecule has 0 radical (unpaired) electrons. The van der Waals surface area contributed by atoms with Crippen molar-refractivity contribution in [2.75, 3.05) is 0 Å². The monoisotopic (exact) mass is 243 g/mol. The molecule has 1 saturated carbocycles. The number of nitrogens with one attached hydrogen (secondary N) is 1. The summed E-state index contributed by atoms with van der Waals surface area (Å²) in [6.45, 7) is 2.26. The van der Waals surface area contributed by atoms with Crippen molar-refractivity contribution in [1.29, 1.82) is 0 Å². The lowest BCUT2D eigenvalue weighted by Gasteiger charge is -2.26. The largest absolute Gasteiger partial charge is 0.350 e. The third kappa shape index (κ3) is 4.02. The predicted octanol–water partition coefficient (Wildman–Crippen LogP) is 3.39. The van der Waals surface area contributed by atoms with Crippen LogP contribution in [0.25, 0.3) is 6.08 Å². The van der Waals surface area contributed by atoms with Gasteiger partial charge < -0.3 is 5.32 Å². The Kier molecular flexibility index (Phi) is 4.57. The Balaban J connectivity index is 1.83.